The van der Waals surface area contributed by atoms with Gasteiger partial charge in [0.15, 0.2) is 5.54 Å². The van der Waals surface area contributed by atoms with Gasteiger partial charge in [-0.25, -0.2) is 9.59 Å². The van der Waals surface area contributed by atoms with E-state index >= 15 is 0 Å². The third-order valence-electron chi connectivity index (χ3n) is 3.35. The first-order chi connectivity index (χ1) is 9.06. The van der Waals surface area contributed by atoms with Gasteiger partial charge in [-0.15, -0.1) is 0 Å². The number of carbonyl (C=O) groups is 2. The van der Waals surface area contributed by atoms with Gasteiger partial charge in [-0.2, -0.15) is 0 Å². The Morgan fingerprint density at radius 2 is 2.00 bits per heavy atom. The van der Waals surface area contributed by atoms with Crippen molar-refractivity contribution in [1.29, 1.82) is 0 Å². The summed E-state index contributed by atoms with van der Waals surface area (Å²) in [5.74, 6) is -1.02. The molecule has 0 aromatic heterocycles. The Labute approximate surface area is 111 Å². The summed E-state index contributed by atoms with van der Waals surface area (Å²) in [7, 11) is 1.45. The lowest BCUT2D eigenvalue weighted by Crippen LogP contribution is -2.73. The van der Waals surface area contributed by atoms with Gasteiger partial charge in [0.25, 0.3) is 0 Å². The molecule has 1 aromatic carbocycles. The first-order valence-electron chi connectivity index (χ1n) is 5.95. The van der Waals surface area contributed by atoms with E-state index in [-0.39, 0.29) is 19.7 Å². The smallest absolute Gasteiger partial charge is 0.410 e. The maximum atomic E-state index is 11.9. The van der Waals surface area contributed by atoms with E-state index in [0.717, 1.165) is 10.5 Å². The van der Waals surface area contributed by atoms with Crippen molar-refractivity contribution in [3.63, 3.8) is 0 Å². The van der Waals surface area contributed by atoms with Crippen molar-refractivity contribution < 1.29 is 19.4 Å². The predicted molar refractivity (Wildman–Crippen MR) is 67.6 cm³/mol. The number of carboxylic acid groups (broad SMARTS) is 1. The highest BCUT2D eigenvalue weighted by molar-refractivity contribution is 5.86. The standard InChI is InChI=1S/C13H16N2O4/c1-15(13(11(16)17)8-14-9-13)12(18)19-7-10-5-3-2-4-6-10/h2-6,14H,7-9H2,1H3,(H,16,17). The molecular formula is C13H16N2O4. The molecule has 1 aliphatic rings. The molecule has 1 heterocycles. The van der Waals surface area contributed by atoms with Crippen molar-refractivity contribution in [2.45, 2.75) is 12.1 Å². The molecule has 2 N–H and O–H groups in total. The molecular weight excluding hydrogens is 248 g/mol. The minimum atomic E-state index is -1.19. The molecule has 19 heavy (non-hydrogen) atoms. The highest BCUT2D eigenvalue weighted by atomic mass is 16.6. The number of amides is 1. The summed E-state index contributed by atoms with van der Waals surface area (Å²) < 4.78 is 5.12. The number of aliphatic carboxylic acids is 1. The molecule has 1 amide bonds. The van der Waals surface area contributed by atoms with Crippen LogP contribution in [0, 0.1) is 0 Å². The molecule has 1 aromatic rings. The van der Waals surface area contributed by atoms with E-state index in [1.54, 1.807) is 0 Å². The van der Waals surface area contributed by atoms with Crippen LogP contribution in [0.3, 0.4) is 0 Å². The Kier molecular flexibility index (Phi) is 3.71. The van der Waals surface area contributed by atoms with Crippen molar-refractivity contribution in [2.24, 2.45) is 0 Å². The fourth-order valence-corrected chi connectivity index (χ4v) is 1.88. The molecule has 102 valence electrons. The number of rotatable bonds is 4. The van der Waals surface area contributed by atoms with Crippen molar-refractivity contribution in [3.05, 3.63) is 35.9 Å². The van der Waals surface area contributed by atoms with Crippen LogP contribution in [-0.4, -0.2) is 47.7 Å². The zero-order chi connectivity index (χ0) is 13.9. The largest absolute Gasteiger partial charge is 0.479 e. The van der Waals surface area contributed by atoms with Crippen LogP contribution in [0.2, 0.25) is 0 Å². The zero-order valence-electron chi connectivity index (χ0n) is 10.6. The first-order valence-corrected chi connectivity index (χ1v) is 5.95. The van der Waals surface area contributed by atoms with Gasteiger partial charge in [-0.1, -0.05) is 30.3 Å². The van der Waals surface area contributed by atoms with Crippen molar-refractivity contribution in [3.8, 4) is 0 Å². The minimum absolute atomic E-state index is 0.132. The Morgan fingerprint density at radius 3 is 2.47 bits per heavy atom. The van der Waals surface area contributed by atoms with E-state index in [9.17, 15) is 14.7 Å². The molecule has 1 saturated heterocycles. The van der Waals surface area contributed by atoms with Crippen LogP contribution in [0.4, 0.5) is 4.79 Å². The summed E-state index contributed by atoms with van der Waals surface area (Å²) >= 11 is 0. The molecule has 0 bridgehead atoms. The number of nitrogens with one attached hydrogen (secondary N) is 1. The molecule has 0 unspecified atom stereocenters. The number of benzene rings is 1. The van der Waals surface area contributed by atoms with Gasteiger partial charge in [-0.05, 0) is 5.56 Å². The summed E-state index contributed by atoms with van der Waals surface area (Å²) in [5, 5.41) is 12.1. The number of nitrogens with zero attached hydrogens (tertiary/aromatic N) is 1. The number of carboxylic acids is 1. The Balaban J connectivity index is 1.94. The number of hydrogen-bond acceptors (Lipinski definition) is 4. The van der Waals surface area contributed by atoms with E-state index in [1.165, 1.54) is 7.05 Å². The zero-order valence-corrected chi connectivity index (χ0v) is 10.6. The number of ether oxygens (including phenoxy) is 1. The molecule has 6 nitrogen and oxygen atoms in total. The SMILES string of the molecule is CN(C(=O)OCc1ccccc1)C1(C(=O)O)CNC1. The number of carbonyl (C=O) groups excluding carboxylic acids is 1. The van der Waals surface area contributed by atoms with Crippen LogP contribution < -0.4 is 5.32 Å². The Bertz CT molecular complexity index is 471. The molecule has 0 aliphatic carbocycles. The Morgan fingerprint density at radius 1 is 1.37 bits per heavy atom. The summed E-state index contributed by atoms with van der Waals surface area (Å²) in [6.45, 7) is 0.603. The lowest BCUT2D eigenvalue weighted by atomic mass is 9.91. The van der Waals surface area contributed by atoms with Crippen LogP contribution >= 0.6 is 0 Å². The third kappa shape index (κ3) is 2.53. The molecule has 0 saturated carbocycles. The fraction of sp³-hybridized carbons (Fsp3) is 0.385. The van der Waals surface area contributed by atoms with E-state index < -0.39 is 17.6 Å². The summed E-state index contributed by atoms with van der Waals surface area (Å²) in [6.07, 6.45) is -0.632. The van der Waals surface area contributed by atoms with Crippen LogP contribution in [0.5, 0.6) is 0 Å². The van der Waals surface area contributed by atoms with Crippen LogP contribution in [0.25, 0.3) is 0 Å². The molecule has 0 atom stereocenters. The highest BCUT2D eigenvalue weighted by Gasteiger charge is 2.50. The monoisotopic (exact) mass is 264 g/mol. The van der Waals surface area contributed by atoms with Gasteiger partial charge in [-0.3, -0.25) is 4.90 Å². The quantitative estimate of drug-likeness (QED) is 0.836. The van der Waals surface area contributed by atoms with Crippen molar-refractivity contribution in [1.82, 2.24) is 10.2 Å². The van der Waals surface area contributed by atoms with Crippen molar-refractivity contribution >= 4 is 12.1 Å². The second-order valence-electron chi connectivity index (χ2n) is 4.54. The van der Waals surface area contributed by atoms with Gasteiger partial charge >= 0.3 is 12.1 Å². The van der Waals surface area contributed by atoms with Gasteiger partial charge < -0.3 is 15.2 Å². The number of hydrogen-bond donors (Lipinski definition) is 2. The average molecular weight is 264 g/mol. The molecule has 6 heteroatoms. The lowest BCUT2D eigenvalue weighted by molar-refractivity contribution is -0.153. The van der Waals surface area contributed by atoms with Crippen LogP contribution in [0.1, 0.15) is 5.56 Å². The normalized spacial score (nSPS) is 16.3. The van der Waals surface area contributed by atoms with Crippen LogP contribution in [0.15, 0.2) is 30.3 Å². The topological polar surface area (TPSA) is 78.9 Å². The second-order valence-corrected chi connectivity index (χ2v) is 4.54. The van der Waals surface area contributed by atoms with Gasteiger partial charge in [0.1, 0.15) is 6.61 Å². The molecule has 0 radical (unpaired) electrons. The van der Waals surface area contributed by atoms with Crippen LogP contribution in [-0.2, 0) is 16.1 Å². The summed E-state index contributed by atoms with van der Waals surface area (Å²) in [4.78, 5) is 24.3. The highest BCUT2D eigenvalue weighted by Crippen LogP contribution is 2.20. The number of likely N-dealkylation sites (N-methyl/N-ethyl adjacent to an activating group) is 1. The Hall–Kier alpha value is -2.08. The average Bonchev–Trinajstić information content (AvgIpc) is 2.35. The predicted octanol–water partition coefficient (Wildman–Crippen LogP) is 0.682. The van der Waals surface area contributed by atoms with Gasteiger partial charge in [0.2, 0.25) is 0 Å². The van der Waals surface area contributed by atoms with E-state index in [2.05, 4.69) is 5.32 Å². The van der Waals surface area contributed by atoms with Gasteiger partial charge in [0, 0.05) is 20.1 Å². The second kappa shape index (κ2) is 5.27. The summed E-state index contributed by atoms with van der Waals surface area (Å²) in [5.41, 5.74) is -0.325. The van der Waals surface area contributed by atoms with Crippen molar-refractivity contribution in [2.75, 3.05) is 20.1 Å². The van der Waals surface area contributed by atoms with Gasteiger partial charge in [0.05, 0.1) is 0 Å². The minimum Gasteiger partial charge on any atom is -0.479 e. The maximum absolute atomic E-state index is 11.9. The summed E-state index contributed by atoms with van der Waals surface area (Å²) in [6, 6.07) is 9.25. The fourth-order valence-electron chi connectivity index (χ4n) is 1.88. The van der Waals surface area contributed by atoms with E-state index in [0.29, 0.717) is 0 Å². The molecule has 1 fully saturated rings. The lowest BCUT2D eigenvalue weighted by Gasteiger charge is -2.44. The maximum Gasteiger partial charge on any atom is 0.410 e. The first kappa shape index (κ1) is 13.4. The van der Waals surface area contributed by atoms with E-state index in [4.69, 9.17) is 4.74 Å². The molecule has 1 aliphatic heterocycles. The molecule has 0 spiro atoms. The third-order valence-corrected chi connectivity index (χ3v) is 3.35. The molecule has 2 rings (SSSR count). The van der Waals surface area contributed by atoms with E-state index in [1.807, 2.05) is 30.3 Å².